The highest BCUT2D eigenvalue weighted by Crippen LogP contribution is 2.40. The lowest BCUT2D eigenvalue weighted by Crippen LogP contribution is -2.28. The molecule has 2 amide bonds. The van der Waals surface area contributed by atoms with E-state index in [1.807, 2.05) is 0 Å². The Labute approximate surface area is 247 Å². The van der Waals surface area contributed by atoms with E-state index < -0.39 is 18.3 Å². The van der Waals surface area contributed by atoms with Crippen LogP contribution in [0, 0.1) is 0 Å². The summed E-state index contributed by atoms with van der Waals surface area (Å²) in [6, 6.07) is 15.2. The van der Waals surface area contributed by atoms with Gasteiger partial charge in [0.15, 0.2) is 17.6 Å². The van der Waals surface area contributed by atoms with Gasteiger partial charge in [-0.15, -0.1) is 0 Å². The molecule has 1 aliphatic heterocycles. The number of anilines is 3. The summed E-state index contributed by atoms with van der Waals surface area (Å²) in [5, 5.41) is 16.2. The van der Waals surface area contributed by atoms with Crippen molar-refractivity contribution in [3.05, 3.63) is 81.3 Å². The predicted molar refractivity (Wildman–Crippen MR) is 158 cm³/mol. The summed E-state index contributed by atoms with van der Waals surface area (Å²) >= 11 is 6.75. The molecule has 0 radical (unpaired) electrons. The molecule has 3 aromatic carbocycles. The Bertz CT molecular complexity index is 1420. The highest BCUT2D eigenvalue weighted by molar-refractivity contribution is 9.11. The molecule has 0 bridgehead atoms. The number of nitrogen functional groups attached to an aromatic ring is 1. The third kappa shape index (κ3) is 7.46. The first kappa shape index (κ1) is 29.2. The van der Waals surface area contributed by atoms with Crippen molar-refractivity contribution < 1.29 is 33.6 Å². The van der Waals surface area contributed by atoms with Crippen LogP contribution in [0.2, 0.25) is 0 Å². The lowest BCUT2D eigenvalue weighted by Gasteiger charge is -2.27. The van der Waals surface area contributed by atoms with Gasteiger partial charge in [-0.2, -0.15) is 0 Å². The number of hydrogen-bond donors (Lipinski definition) is 4. The molecular formula is C28H27Br2N3O7. The zero-order valence-corrected chi connectivity index (χ0v) is 24.5. The van der Waals surface area contributed by atoms with Gasteiger partial charge >= 0.3 is 6.09 Å². The zero-order valence-electron chi connectivity index (χ0n) is 21.4. The summed E-state index contributed by atoms with van der Waals surface area (Å²) in [5.74, 6) is 0.649. The van der Waals surface area contributed by atoms with Crippen LogP contribution < -0.4 is 25.8 Å². The second-order valence-corrected chi connectivity index (χ2v) is 10.4. The maximum Gasteiger partial charge on any atom is 0.412 e. The van der Waals surface area contributed by atoms with Crippen LogP contribution in [0.3, 0.4) is 0 Å². The number of carbonyl (C=O) groups excluding carboxylic acids is 2. The molecule has 5 N–H and O–H groups in total. The van der Waals surface area contributed by atoms with E-state index in [4.69, 9.17) is 24.7 Å². The standard InChI is InChI=1S/C28H27Br2N3O7/c1-37-23(8-4-5-9-25(34)33-21-7-3-2-6-20(21)31)27(18-12-16(29)13-19(30)26(18)35)40-28(36)32-17-10-11-22-24(14-17)39-15-38-22/h2-3,5-7,9-14,23,27,35H,4,8,15,31H2,1H3,(H,32,36)(H,33,34)/b9-5+/t23-,27-/m1/s1. The maximum absolute atomic E-state index is 13.0. The van der Waals surface area contributed by atoms with Crippen molar-refractivity contribution in [1.82, 2.24) is 0 Å². The number of amides is 2. The number of nitrogens with one attached hydrogen (secondary N) is 2. The van der Waals surface area contributed by atoms with E-state index in [2.05, 4.69) is 42.5 Å². The molecule has 0 aromatic heterocycles. The van der Waals surface area contributed by atoms with Crippen LogP contribution in [-0.2, 0) is 14.3 Å². The van der Waals surface area contributed by atoms with Crippen molar-refractivity contribution in [1.29, 1.82) is 0 Å². The van der Waals surface area contributed by atoms with Crippen LogP contribution >= 0.6 is 31.9 Å². The van der Waals surface area contributed by atoms with Crippen LogP contribution in [0.25, 0.3) is 0 Å². The fraction of sp³-hybridized carbons (Fsp3) is 0.214. The number of nitrogens with two attached hydrogens (primary N) is 1. The minimum atomic E-state index is -1.00. The Hall–Kier alpha value is -3.74. The van der Waals surface area contributed by atoms with Crippen LogP contribution in [0.5, 0.6) is 17.2 Å². The van der Waals surface area contributed by atoms with Crippen LogP contribution in [0.15, 0.2) is 75.7 Å². The second-order valence-electron chi connectivity index (χ2n) is 8.67. The fourth-order valence-electron chi connectivity index (χ4n) is 4.01. The molecule has 210 valence electrons. The number of ether oxygens (including phenoxy) is 4. The number of para-hydroxylation sites is 2. The molecule has 12 heteroatoms. The number of phenolic OH excluding ortho intramolecular Hbond substituents is 1. The minimum absolute atomic E-state index is 0.0958. The Morgan fingerprint density at radius 2 is 1.88 bits per heavy atom. The average molecular weight is 677 g/mol. The molecule has 1 aliphatic rings. The first-order chi connectivity index (χ1) is 19.2. The van der Waals surface area contributed by atoms with Crippen molar-refractivity contribution >= 4 is 60.9 Å². The van der Waals surface area contributed by atoms with Gasteiger partial charge in [0.1, 0.15) is 5.75 Å². The lowest BCUT2D eigenvalue weighted by molar-refractivity contribution is -0.111. The van der Waals surface area contributed by atoms with Gasteiger partial charge in [0.25, 0.3) is 0 Å². The number of fused-ring (bicyclic) bond motifs is 1. The van der Waals surface area contributed by atoms with Gasteiger partial charge in [-0.05, 0) is 71.2 Å². The van der Waals surface area contributed by atoms with E-state index in [0.29, 0.717) is 55.9 Å². The van der Waals surface area contributed by atoms with Gasteiger partial charge in [0.05, 0.1) is 22.0 Å². The molecule has 40 heavy (non-hydrogen) atoms. The van der Waals surface area contributed by atoms with Gasteiger partial charge in [-0.1, -0.05) is 34.1 Å². The van der Waals surface area contributed by atoms with Crippen molar-refractivity contribution in [2.45, 2.75) is 25.0 Å². The Balaban J connectivity index is 1.47. The first-order valence-corrected chi connectivity index (χ1v) is 13.7. The summed E-state index contributed by atoms with van der Waals surface area (Å²) < 4.78 is 23.2. The summed E-state index contributed by atoms with van der Waals surface area (Å²) in [6.07, 6.45) is 1.41. The van der Waals surface area contributed by atoms with E-state index in [-0.39, 0.29) is 18.4 Å². The Kier molecular flexibility index (Phi) is 9.91. The van der Waals surface area contributed by atoms with E-state index in [1.165, 1.54) is 13.2 Å². The van der Waals surface area contributed by atoms with Crippen LogP contribution in [0.1, 0.15) is 24.5 Å². The molecule has 0 fully saturated rings. The number of benzene rings is 3. The van der Waals surface area contributed by atoms with Crippen molar-refractivity contribution in [3.8, 4) is 17.2 Å². The topological polar surface area (TPSA) is 141 Å². The predicted octanol–water partition coefficient (Wildman–Crippen LogP) is 6.51. The van der Waals surface area contributed by atoms with Gasteiger partial charge in [0.2, 0.25) is 12.7 Å². The Morgan fingerprint density at radius 1 is 1.10 bits per heavy atom. The molecule has 1 heterocycles. The largest absolute Gasteiger partial charge is 0.506 e. The third-order valence-corrected chi connectivity index (χ3v) is 7.03. The molecular weight excluding hydrogens is 650 g/mol. The molecule has 4 rings (SSSR count). The van der Waals surface area contributed by atoms with Gasteiger partial charge in [0, 0.05) is 28.9 Å². The number of aromatic hydroxyl groups is 1. The monoisotopic (exact) mass is 675 g/mol. The Morgan fingerprint density at radius 3 is 2.65 bits per heavy atom. The van der Waals surface area contributed by atoms with E-state index in [9.17, 15) is 14.7 Å². The summed E-state index contributed by atoms with van der Waals surface area (Å²) in [4.78, 5) is 25.3. The number of rotatable bonds is 10. The SMILES string of the molecule is CO[C@H](CC/C=C/C(=O)Nc1ccccc1N)[C@H](OC(=O)Nc1ccc2c(c1)OCO2)c1cc(Br)cc(Br)c1O. The maximum atomic E-state index is 13.0. The molecule has 0 saturated heterocycles. The number of hydrogen-bond acceptors (Lipinski definition) is 8. The molecule has 2 atom stereocenters. The lowest BCUT2D eigenvalue weighted by atomic mass is 9.99. The van der Waals surface area contributed by atoms with Crippen LogP contribution in [-0.4, -0.2) is 37.1 Å². The van der Waals surface area contributed by atoms with Gasteiger partial charge < -0.3 is 35.1 Å². The quantitative estimate of drug-likeness (QED) is 0.141. The highest BCUT2D eigenvalue weighted by Gasteiger charge is 2.30. The van der Waals surface area contributed by atoms with Crippen molar-refractivity contribution in [2.75, 3.05) is 30.3 Å². The second kappa shape index (κ2) is 13.6. The van der Waals surface area contributed by atoms with E-state index >= 15 is 0 Å². The first-order valence-electron chi connectivity index (χ1n) is 12.1. The molecule has 10 nitrogen and oxygen atoms in total. The van der Waals surface area contributed by atoms with Crippen molar-refractivity contribution in [2.24, 2.45) is 0 Å². The average Bonchev–Trinajstić information content (AvgIpc) is 3.39. The number of phenols is 1. The minimum Gasteiger partial charge on any atom is -0.506 e. The van der Waals surface area contributed by atoms with Gasteiger partial charge in [-0.3, -0.25) is 10.1 Å². The number of methoxy groups -OCH3 is 1. The fourth-order valence-corrected chi connectivity index (χ4v) is 5.27. The molecule has 0 spiro atoms. The van der Waals surface area contributed by atoms with Gasteiger partial charge in [-0.25, -0.2) is 4.79 Å². The summed E-state index contributed by atoms with van der Waals surface area (Å²) in [7, 11) is 1.48. The molecule has 0 unspecified atom stereocenters. The number of halogens is 2. The molecule has 3 aromatic rings. The van der Waals surface area contributed by atoms with Crippen LogP contribution in [0.4, 0.5) is 21.9 Å². The zero-order chi connectivity index (χ0) is 28.6. The smallest absolute Gasteiger partial charge is 0.412 e. The number of allylic oxidation sites excluding steroid dienone is 1. The number of carbonyl (C=O) groups is 2. The highest BCUT2D eigenvalue weighted by atomic mass is 79.9. The third-order valence-electron chi connectivity index (χ3n) is 5.96. The molecule has 0 aliphatic carbocycles. The van der Waals surface area contributed by atoms with Crippen molar-refractivity contribution in [3.63, 3.8) is 0 Å². The van der Waals surface area contributed by atoms with E-state index in [1.54, 1.807) is 60.7 Å². The van der Waals surface area contributed by atoms with E-state index in [0.717, 1.165) is 0 Å². The summed E-state index contributed by atoms with van der Waals surface area (Å²) in [6.45, 7) is 0.105. The normalized spacial score (nSPS) is 13.6. The summed E-state index contributed by atoms with van der Waals surface area (Å²) in [5.41, 5.74) is 7.62. The molecule has 0 saturated carbocycles.